The highest BCUT2D eigenvalue weighted by atomic mass is 15.0. The molecule has 0 amide bonds. The van der Waals surface area contributed by atoms with Crippen LogP contribution in [0.1, 0.15) is 28.1 Å². The average molecular weight is 720 g/mol. The van der Waals surface area contributed by atoms with E-state index >= 15 is 0 Å². The van der Waals surface area contributed by atoms with Crippen molar-refractivity contribution in [1.29, 1.82) is 5.26 Å². The van der Waals surface area contributed by atoms with Gasteiger partial charge in [0.1, 0.15) is 6.07 Å². The summed E-state index contributed by atoms with van der Waals surface area (Å²) in [5, 5.41) is 15.7. The Labute approximate surface area is 325 Å². The average Bonchev–Trinajstić information content (AvgIpc) is 3.72. The highest BCUT2D eigenvalue weighted by Gasteiger charge is 2.23. The standard InChI is InChI=1S/C51H37N5/c1-31-13-5-7-15-38(31)35-21-23-42-40-17-9-11-19-45(40)55(48(42)26-35)47-29-44(51-53-33(3)25-34(4)54-51)50(28-37(47)30-52)56-46-20-12-10-18-41(46)43-24-22-36(27-49(43)56)39-16-8-6-14-32(39)2/h5-29H,1-4H3. The minimum absolute atomic E-state index is 0.554. The Morgan fingerprint density at radius 3 is 1.41 bits per heavy atom. The zero-order chi connectivity index (χ0) is 38.1. The van der Waals surface area contributed by atoms with E-state index in [9.17, 15) is 5.26 Å². The number of fused-ring (bicyclic) bond motifs is 6. The van der Waals surface area contributed by atoms with E-state index < -0.39 is 0 Å². The number of aryl methyl sites for hydroxylation is 4. The predicted octanol–water partition coefficient (Wildman–Crippen LogP) is 12.8. The van der Waals surface area contributed by atoms with Crippen molar-refractivity contribution in [3.05, 3.63) is 180 Å². The zero-order valence-corrected chi connectivity index (χ0v) is 31.7. The minimum atomic E-state index is 0.554. The molecule has 10 rings (SSSR count). The third-order valence-electron chi connectivity index (χ3n) is 11.2. The highest BCUT2D eigenvalue weighted by molar-refractivity contribution is 6.12. The van der Waals surface area contributed by atoms with Gasteiger partial charge in [0.15, 0.2) is 5.82 Å². The molecule has 0 saturated carbocycles. The normalized spacial score (nSPS) is 11.6. The molecule has 3 heterocycles. The van der Waals surface area contributed by atoms with Gasteiger partial charge >= 0.3 is 0 Å². The maximum Gasteiger partial charge on any atom is 0.161 e. The first-order valence-electron chi connectivity index (χ1n) is 19.0. The Morgan fingerprint density at radius 2 is 0.893 bits per heavy atom. The molecule has 10 aromatic rings. The van der Waals surface area contributed by atoms with Crippen LogP contribution >= 0.6 is 0 Å². The van der Waals surface area contributed by atoms with Crippen LogP contribution in [0.4, 0.5) is 0 Å². The summed E-state index contributed by atoms with van der Waals surface area (Å²) in [5.41, 5.74) is 16.0. The Hall–Kier alpha value is -7.29. The number of nitriles is 1. The summed E-state index contributed by atoms with van der Waals surface area (Å²) in [7, 11) is 0. The number of nitrogens with zero attached hydrogens (tertiary/aromatic N) is 5. The Bertz CT molecular complexity index is 3240. The first-order chi connectivity index (χ1) is 27.4. The molecule has 0 unspecified atom stereocenters. The molecule has 0 fully saturated rings. The number of para-hydroxylation sites is 2. The molecular formula is C51H37N5. The maximum atomic E-state index is 11.1. The first kappa shape index (κ1) is 33.3. The Kier molecular flexibility index (Phi) is 7.69. The van der Waals surface area contributed by atoms with E-state index in [0.717, 1.165) is 83.1 Å². The van der Waals surface area contributed by atoms with Gasteiger partial charge in [-0.2, -0.15) is 5.26 Å². The van der Waals surface area contributed by atoms with E-state index in [1.165, 1.54) is 22.3 Å². The summed E-state index contributed by atoms with van der Waals surface area (Å²) in [4.78, 5) is 10.1. The van der Waals surface area contributed by atoms with Gasteiger partial charge < -0.3 is 9.13 Å². The van der Waals surface area contributed by atoms with E-state index in [4.69, 9.17) is 9.97 Å². The summed E-state index contributed by atoms with van der Waals surface area (Å²) in [6.07, 6.45) is 0. The van der Waals surface area contributed by atoms with E-state index in [1.54, 1.807) is 0 Å². The van der Waals surface area contributed by atoms with Crippen molar-refractivity contribution in [2.24, 2.45) is 0 Å². The van der Waals surface area contributed by atoms with E-state index in [2.05, 4.69) is 169 Å². The molecule has 0 saturated heterocycles. The molecule has 5 heteroatoms. The van der Waals surface area contributed by atoms with Crippen molar-refractivity contribution in [2.75, 3.05) is 0 Å². The van der Waals surface area contributed by atoms with Crippen molar-refractivity contribution in [1.82, 2.24) is 19.1 Å². The van der Waals surface area contributed by atoms with E-state index in [-0.39, 0.29) is 0 Å². The summed E-state index contributed by atoms with van der Waals surface area (Å²) < 4.78 is 4.55. The van der Waals surface area contributed by atoms with Crippen LogP contribution in [-0.2, 0) is 0 Å². The summed E-state index contributed by atoms with van der Waals surface area (Å²) >= 11 is 0. The number of hydrogen-bond donors (Lipinski definition) is 0. The van der Waals surface area contributed by atoms with Crippen LogP contribution < -0.4 is 0 Å². The van der Waals surface area contributed by atoms with Crippen molar-refractivity contribution in [2.45, 2.75) is 27.7 Å². The fraction of sp³-hybridized carbons (Fsp3) is 0.0784. The third kappa shape index (κ3) is 5.22. The SMILES string of the molecule is Cc1cc(C)nc(-c2cc(-n3c4ccccc4c4ccc(-c5ccccc5C)cc43)c(C#N)cc2-n2c3ccccc3c3ccc(-c4ccccc4C)cc32)n1. The molecule has 0 N–H and O–H groups in total. The fourth-order valence-corrected chi connectivity index (χ4v) is 8.65. The first-order valence-corrected chi connectivity index (χ1v) is 19.0. The van der Waals surface area contributed by atoms with E-state index in [0.29, 0.717) is 11.4 Å². The molecule has 5 nitrogen and oxygen atoms in total. The van der Waals surface area contributed by atoms with Crippen LogP contribution in [0, 0.1) is 39.0 Å². The van der Waals surface area contributed by atoms with Crippen LogP contribution in [0.15, 0.2) is 152 Å². The van der Waals surface area contributed by atoms with Gasteiger partial charge in [-0.15, -0.1) is 0 Å². The van der Waals surface area contributed by atoms with Crippen molar-refractivity contribution in [3.63, 3.8) is 0 Å². The third-order valence-corrected chi connectivity index (χ3v) is 11.2. The van der Waals surface area contributed by atoms with Gasteiger partial charge in [0, 0.05) is 38.5 Å². The molecular weight excluding hydrogens is 683 g/mol. The predicted molar refractivity (Wildman–Crippen MR) is 231 cm³/mol. The lowest BCUT2D eigenvalue weighted by molar-refractivity contribution is 1.05. The van der Waals surface area contributed by atoms with Crippen molar-refractivity contribution < 1.29 is 0 Å². The van der Waals surface area contributed by atoms with Gasteiger partial charge in [0.25, 0.3) is 0 Å². The van der Waals surface area contributed by atoms with Crippen LogP contribution in [0.25, 0.3) is 88.6 Å². The fourth-order valence-electron chi connectivity index (χ4n) is 8.65. The van der Waals surface area contributed by atoms with Gasteiger partial charge in [-0.3, -0.25) is 0 Å². The molecule has 3 aromatic heterocycles. The smallest absolute Gasteiger partial charge is 0.161 e. The largest absolute Gasteiger partial charge is 0.308 e. The summed E-state index contributed by atoms with van der Waals surface area (Å²) in [6, 6.07) is 56.2. The summed E-state index contributed by atoms with van der Waals surface area (Å²) in [6.45, 7) is 8.33. The lowest BCUT2D eigenvalue weighted by atomic mass is 9.99. The number of aromatic nitrogens is 4. The molecule has 7 aromatic carbocycles. The lowest BCUT2D eigenvalue weighted by Crippen LogP contribution is -2.06. The van der Waals surface area contributed by atoms with Crippen LogP contribution in [-0.4, -0.2) is 19.1 Å². The second-order valence-electron chi connectivity index (χ2n) is 14.8. The quantitative estimate of drug-likeness (QED) is 0.178. The molecule has 0 aliphatic carbocycles. The topological polar surface area (TPSA) is 59.4 Å². The Morgan fingerprint density at radius 1 is 0.429 bits per heavy atom. The van der Waals surface area contributed by atoms with Crippen LogP contribution in [0.3, 0.4) is 0 Å². The maximum absolute atomic E-state index is 11.1. The van der Waals surface area contributed by atoms with E-state index in [1.807, 2.05) is 26.0 Å². The Balaban J connectivity index is 1.32. The highest BCUT2D eigenvalue weighted by Crippen LogP contribution is 2.42. The number of rotatable bonds is 5. The molecule has 56 heavy (non-hydrogen) atoms. The monoisotopic (exact) mass is 719 g/mol. The molecule has 0 atom stereocenters. The molecule has 0 aliphatic rings. The molecule has 0 aliphatic heterocycles. The second kappa shape index (κ2) is 12.9. The van der Waals surface area contributed by atoms with Crippen LogP contribution in [0.2, 0.25) is 0 Å². The van der Waals surface area contributed by atoms with Gasteiger partial charge in [0.05, 0.1) is 39.0 Å². The van der Waals surface area contributed by atoms with Gasteiger partial charge in [-0.05, 0) is 104 Å². The van der Waals surface area contributed by atoms with Crippen molar-refractivity contribution >= 4 is 43.6 Å². The molecule has 0 bridgehead atoms. The van der Waals surface area contributed by atoms with Gasteiger partial charge in [-0.25, -0.2) is 9.97 Å². The molecule has 0 spiro atoms. The molecule has 0 radical (unpaired) electrons. The zero-order valence-electron chi connectivity index (χ0n) is 31.7. The molecule has 266 valence electrons. The van der Waals surface area contributed by atoms with Crippen LogP contribution in [0.5, 0.6) is 0 Å². The number of benzene rings is 7. The second-order valence-corrected chi connectivity index (χ2v) is 14.8. The summed E-state index contributed by atoms with van der Waals surface area (Å²) in [5.74, 6) is 0.616. The number of hydrogen-bond acceptors (Lipinski definition) is 3. The minimum Gasteiger partial charge on any atom is -0.308 e. The van der Waals surface area contributed by atoms with Gasteiger partial charge in [0.2, 0.25) is 0 Å². The van der Waals surface area contributed by atoms with Gasteiger partial charge in [-0.1, -0.05) is 109 Å². The lowest BCUT2D eigenvalue weighted by Gasteiger charge is -2.19. The van der Waals surface area contributed by atoms with Crippen molar-refractivity contribution in [3.8, 4) is 51.1 Å².